The second-order valence-corrected chi connectivity index (χ2v) is 10.1. The molecule has 2 aliphatic rings. The third kappa shape index (κ3) is 37.5. The van der Waals surface area contributed by atoms with Crippen molar-refractivity contribution < 1.29 is 68.2 Å². The molecule has 2 unspecified atom stereocenters. The minimum atomic E-state index is -0.250. The number of hydrogen-bond acceptors (Lipinski definition) is 0. The maximum absolute atomic E-state index is 6.94. The Morgan fingerprint density at radius 3 is 0.722 bits per heavy atom. The molecular weight excluding hydrogens is 587 g/mol. The van der Waals surface area contributed by atoms with Crippen molar-refractivity contribution in [3.8, 4) is 0 Å². The van der Waals surface area contributed by atoms with Crippen molar-refractivity contribution in [2.24, 2.45) is 11.8 Å². The number of rotatable bonds is 0. The van der Waals surface area contributed by atoms with Gasteiger partial charge in [0, 0.05) is 20.5 Å². The summed E-state index contributed by atoms with van der Waals surface area (Å²) in [6, 6.07) is 0. The van der Waals surface area contributed by atoms with Crippen LogP contribution in [0.5, 0.6) is 0 Å². The smallest absolute Gasteiger partial charge is 1.00 e. The molecule has 36 heavy (non-hydrogen) atoms. The van der Waals surface area contributed by atoms with Crippen molar-refractivity contribution in [1.29, 1.82) is 0 Å². The van der Waals surface area contributed by atoms with Crippen molar-refractivity contribution in [3.63, 3.8) is 0 Å². The normalized spacial score (nSPS) is 17.2. The van der Waals surface area contributed by atoms with Crippen LogP contribution in [-0.4, -0.2) is 31.6 Å². The summed E-state index contributed by atoms with van der Waals surface area (Å²) >= 11 is 0. The van der Waals surface area contributed by atoms with Gasteiger partial charge in [0.1, 0.15) is 0 Å². The van der Waals surface area contributed by atoms with Gasteiger partial charge in [0.15, 0.2) is 0 Å². The molecule has 0 amide bonds. The molecule has 0 aliphatic heterocycles. The van der Waals surface area contributed by atoms with E-state index in [1.807, 2.05) is 75.1 Å². The topological polar surface area (TPSA) is 47.6 Å². The van der Waals surface area contributed by atoms with Crippen molar-refractivity contribution in [1.82, 2.24) is 0 Å². The van der Waals surface area contributed by atoms with Crippen molar-refractivity contribution in [2.75, 3.05) is 0 Å². The molecule has 0 aromatic carbocycles. The van der Waals surface area contributed by atoms with E-state index in [9.17, 15) is 0 Å². The number of halogens is 2. The Balaban J connectivity index is -0.0000000459. The zero-order valence-corrected chi connectivity index (χ0v) is 33.8. The standard InChI is InChI=1S/2C9H13.2C4H10N.2CH5Si.2ClH.2Ti/c2*1-6-5-7(2)9(4)8(6)3;2*1-4(2,3)5;2*1-2;;;;/h2*6H,1-4H3;2*5H,1-3H3;2*2H2,1H3;2*1H;;/q4*-1;;;;;2*+3/p-2. The van der Waals surface area contributed by atoms with Crippen molar-refractivity contribution in [2.45, 2.75) is 121 Å². The number of hydrogen-bond donors (Lipinski definition) is 0. The largest absolute Gasteiger partial charge is 3.00 e. The summed E-state index contributed by atoms with van der Waals surface area (Å²) in [7, 11) is 3.72. The van der Waals surface area contributed by atoms with Gasteiger partial charge in [-0.05, 0) is 0 Å². The maximum atomic E-state index is 6.94. The molecule has 0 saturated carbocycles. The first-order valence-corrected chi connectivity index (χ1v) is 14.6. The Morgan fingerprint density at radius 1 is 0.556 bits per heavy atom. The van der Waals surface area contributed by atoms with Crippen LogP contribution in [0.15, 0.2) is 33.4 Å². The summed E-state index contributed by atoms with van der Waals surface area (Å²) < 4.78 is 0. The van der Waals surface area contributed by atoms with E-state index in [1.54, 1.807) is 0 Å². The summed E-state index contributed by atoms with van der Waals surface area (Å²) in [4.78, 5) is 0. The third-order valence-corrected chi connectivity index (χ3v) is 4.47. The van der Waals surface area contributed by atoms with Crippen molar-refractivity contribution in [3.05, 3.63) is 57.1 Å². The third-order valence-electron chi connectivity index (χ3n) is 4.47. The zero-order chi connectivity index (χ0) is 27.0. The molecule has 2 aliphatic carbocycles. The molecule has 0 saturated heterocycles. The van der Waals surface area contributed by atoms with Crippen LogP contribution in [0.2, 0.25) is 13.1 Å². The van der Waals surface area contributed by atoms with E-state index in [0.717, 1.165) is 0 Å². The quantitative estimate of drug-likeness (QED) is 0.288. The van der Waals surface area contributed by atoms with Gasteiger partial charge in [-0.3, -0.25) is 12.2 Å². The molecule has 2 N–H and O–H groups in total. The van der Waals surface area contributed by atoms with E-state index in [4.69, 9.17) is 11.5 Å². The van der Waals surface area contributed by atoms with Gasteiger partial charge in [-0.25, -0.2) is 11.1 Å². The van der Waals surface area contributed by atoms with E-state index >= 15 is 0 Å². The predicted octanol–water partition coefficient (Wildman–Crippen LogP) is 2.46. The Morgan fingerprint density at radius 2 is 0.694 bits per heavy atom. The second-order valence-electron chi connectivity index (χ2n) is 10.1. The summed E-state index contributed by atoms with van der Waals surface area (Å²) in [5.41, 5.74) is 21.9. The zero-order valence-electron chi connectivity index (χ0n) is 26.3. The molecule has 0 aromatic heterocycles. The van der Waals surface area contributed by atoms with Crippen molar-refractivity contribution >= 4 is 20.5 Å². The summed E-state index contributed by atoms with van der Waals surface area (Å²) in [5.74, 6) is 1.12. The summed E-state index contributed by atoms with van der Waals surface area (Å²) in [5, 5.41) is 0. The minimum absolute atomic E-state index is 0. The Kier molecular flexibility index (Phi) is 46.6. The van der Waals surface area contributed by atoms with Gasteiger partial charge in [-0.2, -0.15) is 22.3 Å². The first-order chi connectivity index (χ1) is 14.3. The monoisotopic (exact) mass is 642 g/mol. The predicted molar refractivity (Wildman–Crippen MR) is 157 cm³/mol. The second kappa shape index (κ2) is 29.3. The molecule has 0 spiro atoms. The van der Waals surface area contributed by atoms with Crippen LogP contribution in [0, 0.1) is 24.0 Å². The van der Waals surface area contributed by atoms with Crippen LogP contribution in [-0.2, 0) is 43.4 Å². The van der Waals surface area contributed by atoms with Crippen LogP contribution in [0.1, 0.15) is 96.9 Å². The van der Waals surface area contributed by atoms with Gasteiger partial charge in [-0.1, -0.05) is 108 Å². The molecular formula is C28H56Cl2N2Si2Ti2. The number of nitrogens with one attached hydrogen (secondary N) is 2. The fourth-order valence-electron chi connectivity index (χ4n) is 2.32. The Labute approximate surface area is 276 Å². The minimum Gasteiger partial charge on any atom is -1.00 e. The van der Waals surface area contributed by atoms with E-state index in [0.29, 0.717) is 11.8 Å². The molecule has 0 heterocycles. The summed E-state index contributed by atoms with van der Waals surface area (Å²) in [6.45, 7) is 32.5. The Hall–Kier alpha value is 1.32. The van der Waals surface area contributed by atoms with E-state index in [1.165, 1.54) is 33.4 Å². The van der Waals surface area contributed by atoms with Gasteiger partial charge in [0.2, 0.25) is 0 Å². The molecule has 2 rings (SSSR count). The van der Waals surface area contributed by atoms with Gasteiger partial charge in [0.25, 0.3) is 0 Å². The molecule has 0 bridgehead atoms. The molecule has 2 nitrogen and oxygen atoms in total. The van der Waals surface area contributed by atoms with Crippen LogP contribution in [0.25, 0.3) is 11.5 Å². The van der Waals surface area contributed by atoms with E-state index < -0.39 is 0 Å². The first-order valence-electron chi connectivity index (χ1n) is 11.7. The average Bonchev–Trinajstić information content (AvgIpc) is 2.99. The molecule has 4 radical (unpaired) electrons. The molecule has 0 fully saturated rings. The van der Waals surface area contributed by atoms with E-state index in [-0.39, 0.29) is 79.3 Å². The van der Waals surface area contributed by atoms with Crippen LogP contribution < -0.4 is 24.8 Å². The summed E-state index contributed by atoms with van der Waals surface area (Å²) in [6.07, 6.45) is 6.72. The fourth-order valence-corrected chi connectivity index (χ4v) is 2.32. The Bertz CT molecular complexity index is 579. The maximum Gasteiger partial charge on any atom is 3.00 e. The van der Waals surface area contributed by atoms with Gasteiger partial charge >= 0.3 is 43.4 Å². The van der Waals surface area contributed by atoms with Gasteiger partial charge in [-0.15, -0.1) is 24.9 Å². The van der Waals surface area contributed by atoms with Crippen LogP contribution >= 0.6 is 0 Å². The molecule has 8 heteroatoms. The van der Waals surface area contributed by atoms with Crippen LogP contribution in [0.3, 0.4) is 0 Å². The van der Waals surface area contributed by atoms with Gasteiger partial charge in [0.05, 0.1) is 0 Å². The van der Waals surface area contributed by atoms with Gasteiger partial charge < -0.3 is 36.3 Å². The average molecular weight is 644 g/mol. The van der Waals surface area contributed by atoms with Crippen LogP contribution in [0.4, 0.5) is 0 Å². The molecule has 0 aromatic rings. The number of allylic oxidation sites excluding steroid dienone is 8. The SMILES string of the molecule is CC(C)(C)[NH-].CC(C)(C)[NH-].CC1=[C-]C(C)C(C)=C1C.CC1=[C-]C(C)C(C)=C1C.C[SiH2].C[SiH2].[Cl-].[Cl-].[Ti+3].[Ti+3]. The molecule has 208 valence electrons. The first kappa shape index (κ1) is 57.3. The fraction of sp³-hybridized carbons (Fsp3) is 0.714. The molecule has 2 atom stereocenters. The van der Waals surface area contributed by atoms with E-state index in [2.05, 4.69) is 67.5 Å².